The summed E-state index contributed by atoms with van der Waals surface area (Å²) in [5.74, 6) is -0.0941. The summed E-state index contributed by atoms with van der Waals surface area (Å²) in [5, 5.41) is 20.3. The van der Waals surface area contributed by atoms with Crippen LogP contribution in [0.15, 0.2) is 11.2 Å². The van der Waals surface area contributed by atoms with Crippen molar-refractivity contribution in [1.29, 1.82) is 5.26 Å². The van der Waals surface area contributed by atoms with Crippen LogP contribution in [0.5, 0.6) is 0 Å². The summed E-state index contributed by atoms with van der Waals surface area (Å²) < 4.78 is 0. The van der Waals surface area contributed by atoms with Gasteiger partial charge in [-0.25, -0.2) is 4.98 Å². The normalized spacial score (nSPS) is 9.15. The van der Waals surface area contributed by atoms with E-state index < -0.39 is 4.92 Å². The molecule has 8 heteroatoms. The Hall–Kier alpha value is -1.88. The number of nitro groups is 1. The molecule has 0 aliphatic rings. The van der Waals surface area contributed by atoms with Gasteiger partial charge in [-0.2, -0.15) is 10.2 Å². The fourth-order valence-electron chi connectivity index (χ4n) is 0.616. The maximum Gasteiger partial charge on any atom is 0.320 e. The molecule has 0 aliphatic heterocycles. The zero-order valence-electron chi connectivity index (χ0n) is 6.17. The first-order valence-electron chi connectivity index (χ1n) is 2.98. The van der Waals surface area contributed by atoms with E-state index in [-0.39, 0.29) is 16.7 Å². The molecule has 1 aromatic heterocycles. The average Bonchev–Trinajstić information content (AvgIpc) is 2.04. The third kappa shape index (κ3) is 2.03. The lowest BCUT2D eigenvalue weighted by Gasteiger charge is -1.96. The van der Waals surface area contributed by atoms with E-state index >= 15 is 0 Å². The van der Waals surface area contributed by atoms with Gasteiger partial charge >= 0.3 is 5.69 Å². The average molecular weight is 197 g/mol. The summed E-state index contributed by atoms with van der Waals surface area (Å²) in [6.45, 7) is 0. The van der Waals surface area contributed by atoms with Crippen LogP contribution in [0.25, 0.3) is 0 Å². The van der Waals surface area contributed by atoms with E-state index in [4.69, 9.17) is 11.0 Å². The summed E-state index contributed by atoms with van der Waals surface area (Å²) in [6.07, 6.45) is 0.974. The Bertz CT molecular complexity index is 387. The highest BCUT2D eigenvalue weighted by atomic mass is 32.2. The van der Waals surface area contributed by atoms with Gasteiger partial charge in [0.2, 0.25) is 5.95 Å². The predicted molar refractivity (Wildman–Crippen MR) is 44.6 cm³/mol. The number of anilines is 1. The number of thioether (sulfide) groups is 1. The van der Waals surface area contributed by atoms with Crippen LogP contribution in [0.1, 0.15) is 0 Å². The molecular weight excluding hydrogens is 194 g/mol. The number of nitrogens with zero attached hydrogens (tertiary/aromatic N) is 4. The first-order chi connectivity index (χ1) is 6.15. The standard InChI is InChI=1S/C5H3N5O2S/c6-2-13-4-3(10(11)12)1-8-5(7)9-4/h1H,(H2,7,8,9). The molecule has 2 N–H and O–H groups in total. The molecule has 0 atom stereocenters. The van der Waals surface area contributed by atoms with Gasteiger partial charge in [-0.05, 0) is 0 Å². The highest BCUT2D eigenvalue weighted by molar-refractivity contribution is 8.03. The van der Waals surface area contributed by atoms with Crippen LogP contribution in [0.2, 0.25) is 0 Å². The molecule has 0 saturated heterocycles. The SMILES string of the molecule is N#CSc1nc(N)ncc1[N+](=O)[O-]. The van der Waals surface area contributed by atoms with Gasteiger partial charge in [0.15, 0.2) is 5.03 Å². The van der Waals surface area contributed by atoms with Gasteiger partial charge in [-0.3, -0.25) is 10.1 Å². The van der Waals surface area contributed by atoms with E-state index in [1.54, 1.807) is 5.40 Å². The molecule has 0 amide bonds. The Morgan fingerprint density at radius 3 is 3.00 bits per heavy atom. The van der Waals surface area contributed by atoms with Gasteiger partial charge in [0, 0.05) is 11.8 Å². The van der Waals surface area contributed by atoms with Gasteiger partial charge in [-0.15, -0.1) is 0 Å². The summed E-state index contributed by atoms with van der Waals surface area (Å²) in [4.78, 5) is 16.7. The van der Waals surface area contributed by atoms with Crippen LogP contribution in [0, 0.1) is 20.8 Å². The number of nitrogens with two attached hydrogens (primary N) is 1. The first kappa shape index (κ1) is 9.21. The molecular formula is C5H3N5O2S. The van der Waals surface area contributed by atoms with Gasteiger partial charge < -0.3 is 5.73 Å². The third-order valence-corrected chi connectivity index (χ3v) is 1.68. The Morgan fingerprint density at radius 2 is 2.46 bits per heavy atom. The molecule has 1 heterocycles. The number of rotatable bonds is 2. The quantitative estimate of drug-likeness (QED) is 0.241. The molecule has 1 rings (SSSR count). The van der Waals surface area contributed by atoms with Crippen LogP contribution in [0.4, 0.5) is 11.6 Å². The monoisotopic (exact) mass is 197 g/mol. The fourth-order valence-corrected chi connectivity index (χ4v) is 1.07. The predicted octanol–water partition coefficient (Wildman–Crippen LogP) is 0.540. The second-order valence-electron chi connectivity index (χ2n) is 1.87. The number of thiocyanates is 1. The molecule has 13 heavy (non-hydrogen) atoms. The van der Waals surface area contributed by atoms with E-state index in [9.17, 15) is 10.1 Å². The van der Waals surface area contributed by atoms with E-state index in [1.807, 2.05) is 0 Å². The van der Waals surface area contributed by atoms with E-state index in [0.29, 0.717) is 11.8 Å². The molecule has 1 aromatic rings. The van der Waals surface area contributed by atoms with Gasteiger partial charge in [0.1, 0.15) is 11.6 Å². The topological polar surface area (TPSA) is 119 Å². The van der Waals surface area contributed by atoms with Crippen molar-refractivity contribution >= 4 is 23.4 Å². The van der Waals surface area contributed by atoms with Crippen molar-refractivity contribution in [2.24, 2.45) is 0 Å². The number of aromatic nitrogens is 2. The molecule has 0 bridgehead atoms. The molecule has 7 nitrogen and oxygen atoms in total. The zero-order chi connectivity index (χ0) is 9.84. The van der Waals surface area contributed by atoms with Crippen molar-refractivity contribution in [3.63, 3.8) is 0 Å². The molecule has 0 radical (unpaired) electrons. The highest BCUT2D eigenvalue weighted by Crippen LogP contribution is 2.25. The molecule has 0 unspecified atom stereocenters. The van der Waals surface area contributed by atoms with Crippen LogP contribution < -0.4 is 5.73 Å². The minimum absolute atomic E-state index is 0.0417. The maximum atomic E-state index is 10.4. The molecule has 0 fully saturated rings. The number of nitrogen functional groups attached to an aromatic ring is 1. The van der Waals surface area contributed by atoms with Crippen LogP contribution in [-0.4, -0.2) is 14.9 Å². The highest BCUT2D eigenvalue weighted by Gasteiger charge is 2.16. The Balaban J connectivity index is 3.20. The number of hydrogen-bond acceptors (Lipinski definition) is 7. The second kappa shape index (κ2) is 3.68. The largest absolute Gasteiger partial charge is 0.368 e. The molecule has 0 saturated carbocycles. The van der Waals surface area contributed by atoms with Crippen LogP contribution in [0.3, 0.4) is 0 Å². The van der Waals surface area contributed by atoms with Crippen LogP contribution in [-0.2, 0) is 0 Å². The lowest BCUT2D eigenvalue weighted by Crippen LogP contribution is -1.99. The number of hydrogen-bond donors (Lipinski definition) is 1. The smallest absolute Gasteiger partial charge is 0.320 e. The van der Waals surface area contributed by atoms with Gasteiger partial charge in [-0.1, -0.05) is 0 Å². The maximum absolute atomic E-state index is 10.4. The van der Waals surface area contributed by atoms with E-state index in [1.165, 1.54) is 0 Å². The molecule has 0 aliphatic carbocycles. The van der Waals surface area contributed by atoms with Crippen molar-refractivity contribution in [2.45, 2.75) is 5.03 Å². The molecule has 66 valence electrons. The lowest BCUT2D eigenvalue weighted by molar-refractivity contribution is -0.388. The fraction of sp³-hybridized carbons (Fsp3) is 0. The van der Waals surface area contributed by atoms with E-state index in [2.05, 4.69) is 9.97 Å². The summed E-state index contributed by atoms with van der Waals surface area (Å²) in [7, 11) is 0. The van der Waals surface area contributed by atoms with Crippen molar-refractivity contribution in [1.82, 2.24) is 9.97 Å². The summed E-state index contributed by atoms with van der Waals surface area (Å²) in [5.41, 5.74) is 4.87. The Kier molecular flexibility index (Phi) is 2.61. The van der Waals surface area contributed by atoms with Crippen LogP contribution >= 0.6 is 11.8 Å². The van der Waals surface area contributed by atoms with E-state index in [0.717, 1.165) is 6.20 Å². The first-order valence-corrected chi connectivity index (χ1v) is 3.79. The van der Waals surface area contributed by atoms with Crippen molar-refractivity contribution in [3.8, 4) is 5.40 Å². The lowest BCUT2D eigenvalue weighted by atomic mass is 10.5. The summed E-state index contributed by atoms with van der Waals surface area (Å²) in [6, 6.07) is 0. The third-order valence-electron chi connectivity index (χ3n) is 1.09. The number of nitriles is 1. The molecule has 0 spiro atoms. The van der Waals surface area contributed by atoms with Crippen molar-refractivity contribution < 1.29 is 4.92 Å². The van der Waals surface area contributed by atoms with Gasteiger partial charge in [0.05, 0.1) is 4.92 Å². The molecule has 0 aromatic carbocycles. The second-order valence-corrected chi connectivity index (χ2v) is 2.64. The minimum Gasteiger partial charge on any atom is -0.368 e. The van der Waals surface area contributed by atoms with Crippen molar-refractivity contribution in [3.05, 3.63) is 16.3 Å². The Morgan fingerprint density at radius 1 is 1.77 bits per heavy atom. The minimum atomic E-state index is -0.668. The van der Waals surface area contributed by atoms with Crippen molar-refractivity contribution in [2.75, 3.05) is 5.73 Å². The summed E-state index contributed by atoms with van der Waals surface area (Å²) >= 11 is 0.577. The zero-order valence-corrected chi connectivity index (χ0v) is 6.98. The Labute approximate surface area is 76.7 Å². The van der Waals surface area contributed by atoms with Gasteiger partial charge in [0.25, 0.3) is 0 Å².